The molecule has 0 aliphatic carbocycles. The largest absolute Gasteiger partial charge is 0.507 e. The molecule has 0 saturated heterocycles. The molecule has 1 aromatic heterocycles. The van der Waals surface area contributed by atoms with Gasteiger partial charge in [-0.2, -0.15) is 0 Å². The maximum Gasteiger partial charge on any atom is 0.341 e. The Kier molecular flexibility index (Phi) is 3.58. The smallest absolute Gasteiger partial charge is 0.341 e. The van der Waals surface area contributed by atoms with Gasteiger partial charge >= 0.3 is 5.63 Å². The molecule has 114 valence electrons. The van der Waals surface area contributed by atoms with Crippen molar-refractivity contribution in [1.29, 1.82) is 0 Å². The first kappa shape index (κ1) is 14.5. The summed E-state index contributed by atoms with van der Waals surface area (Å²) < 4.78 is 5.32. The Labute approximate surface area is 127 Å². The van der Waals surface area contributed by atoms with Crippen LogP contribution < -0.4 is 5.63 Å². The monoisotopic (exact) mass is 299 g/mol. The lowest BCUT2D eigenvalue weighted by Crippen LogP contribution is -2.35. The highest BCUT2D eigenvalue weighted by Gasteiger charge is 2.24. The lowest BCUT2D eigenvalue weighted by molar-refractivity contribution is 0.112. The van der Waals surface area contributed by atoms with Gasteiger partial charge in [0.15, 0.2) is 11.9 Å². The molecule has 22 heavy (non-hydrogen) atoms. The Hall–Kier alpha value is -2.40. The van der Waals surface area contributed by atoms with Crippen molar-refractivity contribution in [3.8, 4) is 5.75 Å². The van der Waals surface area contributed by atoms with Gasteiger partial charge in [-0.15, -0.1) is 0 Å². The quantitative estimate of drug-likeness (QED) is 0.535. The van der Waals surface area contributed by atoms with Crippen molar-refractivity contribution in [3.63, 3.8) is 0 Å². The maximum absolute atomic E-state index is 12.3. The third-order valence-corrected chi connectivity index (χ3v) is 3.97. The number of nitrogens with zero attached hydrogens (tertiary/aromatic N) is 1. The minimum absolute atomic E-state index is 0.0294. The number of aromatic hydroxyl groups is 1. The second-order valence-electron chi connectivity index (χ2n) is 5.76. The first-order chi connectivity index (χ1) is 10.5. The van der Waals surface area contributed by atoms with E-state index >= 15 is 0 Å². The molecule has 0 spiro atoms. The van der Waals surface area contributed by atoms with Gasteiger partial charge in [-0.3, -0.25) is 9.69 Å². The van der Waals surface area contributed by atoms with Crippen molar-refractivity contribution in [2.45, 2.75) is 19.9 Å². The summed E-state index contributed by atoms with van der Waals surface area (Å²) in [5.41, 5.74) is 2.34. The number of phenols is 1. The zero-order valence-corrected chi connectivity index (χ0v) is 12.4. The summed E-state index contributed by atoms with van der Waals surface area (Å²) in [4.78, 5) is 25.6. The van der Waals surface area contributed by atoms with E-state index in [2.05, 4.69) is 11.5 Å². The van der Waals surface area contributed by atoms with Crippen LogP contribution in [0.3, 0.4) is 0 Å². The number of hydrogen-bond donors (Lipinski definition) is 1. The van der Waals surface area contributed by atoms with Gasteiger partial charge in [0.2, 0.25) is 0 Å². The SMILES string of the molecule is C=C(C)CN1CCc2c(c(=O)oc3c(C=O)c(O)ccc23)C1. The number of hydrogen-bond acceptors (Lipinski definition) is 5. The highest BCUT2D eigenvalue weighted by Crippen LogP contribution is 2.30. The van der Waals surface area contributed by atoms with Crippen molar-refractivity contribution in [3.05, 3.63) is 51.4 Å². The standard InChI is InChI=1S/C17H17NO4/c1-10(2)7-18-6-5-11-12-3-4-15(20)14(9-19)16(12)22-17(21)13(11)8-18/h3-4,9,20H,1,5-8H2,2H3. The zero-order valence-electron chi connectivity index (χ0n) is 12.4. The van der Waals surface area contributed by atoms with E-state index in [1.54, 1.807) is 6.07 Å². The molecule has 0 fully saturated rings. The Morgan fingerprint density at radius 1 is 1.45 bits per heavy atom. The van der Waals surface area contributed by atoms with E-state index in [4.69, 9.17) is 4.42 Å². The van der Waals surface area contributed by atoms with Gasteiger partial charge in [0.25, 0.3) is 0 Å². The summed E-state index contributed by atoms with van der Waals surface area (Å²) >= 11 is 0. The van der Waals surface area contributed by atoms with Crippen LogP contribution in [-0.2, 0) is 13.0 Å². The van der Waals surface area contributed by atoms with Crippen molar-refractivity contribution in [2.24, 2.45) is 0 Å². The van der Waals surface area contributed by atoms with E-state index in [9.17, 15) is 14.7 Å². The maximum atomic E-state index is 12.3. The van der Waals surface area contributed by atoms with Crippen LogP contribution in [0.25, 0.3) is 11.0 Å². The van der Waals surface area contributed by atoms with Crippen molar-refractivity contribution in [2.75, 3.05) is 13.1 Å². The van der Waals surface area contributed by atoms with Crippen molar-refractivity contribution >= 4 is 17.3 Å². The van der Waals surface area contributed by atoms with Crippen LogP contribution >= 0.6 is 0 Å². The predicted octanol–water partition coefficient (Wildman–Crippen LogP) is 2.25. The van der Waals surface area contributed by atoms with Gasteiger partial charge in [0.1, 0.15) is 5.75 Å². The summed E-state index contributed by atoms with van der Waals surface area (Å²) in [7, 11) is 0. The minimum Gasteiger partial charge on any atom is -0.507 e. The molecule has 1 aromatic carbocycles. The van der Waals surface area contributed by atoms with Gasteiger partial charge in [0, 0.05) is 25.0 Å². The number of aldehydes is 1. The van der Waals surface area contributed by atoms with Crippen LogP contribution in [-0.4, -0.2) is 29.4 Å². The Morgan fingerprint density at radius 2 is 2.23 bits per heavy atom. The molecule has 5 heteroatoms. The van der Waals surface area contributed by atoms with Gasteiger partial charge < -0.3 is 9.52 Å². The lowest BCUT2D eigenvalue weighted by Gasteiger charge is -2.28. The molecule has 1 aliphatic heterocycles. The lowest BCUT2D eigenvalue weighted by atomic mass is 9.96. The average molecular weight is 299 g/mol. The Bertz CT molecular complexity index is 835. The molecule has 2 heterocycles. The normalized spacial score (nSPS) is 14.8. The molecule has 0 atom stereocenters. The average Bonchev–Trinajstić information content (AvgIpc) is 2.47. The van der Waals surface area contributed by atoms with Gasteiger partial charge in [0.05, 0.1) is 11.1 Å². The van der Waals surface area contributed by atoms with Crippen LogP contribution in [0.1, 0.15) is 28.4 Å². The van der Waals surface area contributed by atoms with E-state index < -0.39 is 5.63 Å². The molecule has 2 aromatic rings. The first-order valence-corrected chi connectivity index (χ1v) is 7.13. The fourth-order valence-corrected chi connectivity index (χ4v) is 3.03. The minimum atomic E-state index is -0.442. The van der Waals surface area contributed by atoms with Crippen molar-refractivity contribution < 1.29 is 14.3 Å². The van der Waals surface area contributed by atoms with Crippen LogP contribution in [0, 0.1) is 0 Å². The number of benzene rings is 1. The van der Waals surface area contributed by atoms with Crippen LogP contribution in [0.5, 0.6) is 5.75 Å². The number of phenolic OH excluding ortho intramolecular Hbond substituents is 1. The van der Waals surface area contributed by atoms with E-state index in [1.807, 2.05) is 6.92 Å². The molecule has 0 bridgehead atoms. The van der Waals surface area contributed by atoms with Crippen LogP contribution in [0.2, 0.25) is 0 Å². The summed E-state index contributed by atoms with van der Waals surface area (Å²) in [5.74, 6) is -0.176. The second kappa shape index (κ2) is 5.42. The third kappa shape index (κ3) is 2.33. The van der Waals surface area contributed by atoms with E-state index in [-0.39, 0.29) is 16.9 Å². The number of carbonyl (C=O) groups is 1. The molecule has 1 aliphatic rings. The Morgan fingerprint density at radius 3 is 2.91 bits per heavy atom. The van der Waals surface area contributed by atoms with Gasteiger partial charge in [-0.25, -0.2) is 4.79 Å². The van der Waals surface area contributed by atoms with Crippen LogP contribution in [0.4, 0.5) is 0 Å². The molecule has 0 saturated carbocycles. The van der Waals surface area contributed by atoms with Gasteiger partial charge in [-0.1, -0.05) is 12.2 Å². The second-order valence-corrected chi connectivity index (χ2v) is 5.76. The van der Waals surface area contributed by atoms with Crippen LogP contribution in [0.15, 0.2) is 33.5 Å². The summed E-state index contributed by atoms with van der Waals surface area (Å²) in [6.45, 7) is 7.92. The van der Waals surface area contributed by atoms with Crippen molar-refractivity contribution in [1.82, 2.24) is 4.90 Å². The molecule has 5 nitrogen and oxygen atoms in total. The fourth-order valence-electron chi connectivity index (χ4n) is 3.03. The fraction of sp³-hybridized carbons (Fsp3) is 0.294. The first-order valence-electron chi connectivity index (χ1n) is 7.13. The molecule has 1 N–H and O–H groups in total. The zero-order chi connectivity index (χ0) is 15.9. The molecular weight excluding hydrogens is 282 g/mol. The predicted molar refractivity (Wildman–Crippen MR) is 83.3 cm³/mol. The van der Waals surface area contributed by atoms with E-state index in [1.165, 1.54) is 6.07 Å². The molecule has 0 radical (unpaired) electrons. The summed E-state index contributed by atoms with van der Waals surface area (Å²) in [5, 5.41) is 10.5. The number of rotatable bonds is 3. The highest BCUT2D eigenvalue weighted by atomic mass is 16.4. The highest BCUT2D eigenvalue weighted by molar-refractivity contribution is 5.98. The molecule has 0 amide bonds. The third-order valence-electron chi connectivity index (χ3n) is 3.97. The van der Waals surface area contributed by atoms with E-state index in [0.717, 1.165) is 29.6 Å². The molecule has 0 unspecified atom stereocenters. The summed E-state index contributed by atoms with van der Waals surface area (Å²) in [6, 6.07) is 3.17. The number of carbonyl (C=O) groups excluding carboxylic acids is 1. The topological polar surface area (TPSA) is 70.8 Å². The summed E-state index contributed by atoms with van der Waals surface area (Å²) in [6.07, 6.45) is 1.22. The number of fused-ring (bicyclic) bond motifs is 3. The van der Waals surface area contributed by atoms with E-state index in [0.29, 0.717) is 24.8 Å². The van der Waals surface area contributed by atoms with Gasteiger partial charge in [-0.05, 0) is 31.0 Å². The molecule has 3 rings (SSSR count). The molecular formula is C17H17NO4. The Balaban J connectivity index is 2.17.